The van der Waals surface area contributed by atoms with Gasteiger partial charge in [-0.2, -0.15) is 0 Å². The molecule has 0 saturated heterocycles. The van der Waals surface area contributed by atoms with E-state index < -0.39 is 0 Å². The first-order chi connectivity index (χ1) is 9.36. The van der Waals surface area contributed by atoms with Gasteiger partial charge in [-0.15, -0.1) is 0 Å². The predicted octanol–water partition coefficient (Wildman–Crippen LogP) is 2.45. The molecule has 1 aromatic rings. The maximum absolute atomic E-state index is 4.19. The summed E-state index contributed by atoms with van der Waals surface area (Å²) in [7, 11) is 1.81. The summed E-state index contributed by atoms with van der Waals surface area (Å²) in [5.74, 6) is 0.896. The van der Waals surface area contributed by atoms with Crippen molar-refractivity contribution < 1.29 is 0 Å². The Morgan fingerprint density at radius 2 is 1.68 bits per heavy atom. The molecule has 4 heteroatoms. The molecule has 0 heterocycles. The smallest absolute Gasteiger partial charge is 0.190 e. The van der Waals surface area contributed by atoms with Crippen LogP contribution in [0.3, 0.4) is 0 Å². The number of unbranched alkanes of at least 4 members (excludes halogenated alkanes) is 1. The van der Waals surface area contributed by atoms with E-state index in [2.05, 4.69) is 40.0 Å². The van der Waals surface area contributed by atoms with Crippen molar-refractivity contribution in [1.82, 2.24) is 10.6 Å². The molecule has 3 N–H and O–H groups in total. The number of aliphatic imine (C=N–C) groups is 1. The van der Waals surface area contributed by atoms with Crippen LogP contribution in [-0.4, -0.2) is 32.6 Å². The highest BCUT2D eigenvalue weighted by Crippen LogP contribution is 2.03. The van der Waals surface area contributed by atoms with Crippen molar-refractivity contribution in [1.29, 1.82) is 0 Å². The van der Waals surface area contributed by atoms with Crippen molar-refractivity contribution in [3.63, 3.8) is 0 Å². The second-order valence-corrected chi connectivity index (χ2v) is 4.43. The van der Waals surface area contributed by atoms with E-state index in [0.29, 0.717) is 0 Å². The van der Waals surface area contributed by atoms with Crippen LogP contribution in [0.1, 0.15) is 26.2 Å². The van der Waals surface area contributed by atoms with Crippen molar-refractivity contribution in [3.05, 3.63) is 30.3 Å². The molecule has 0 amide bonds. The van der Waals surface area contributed by atoms with E-state index in [0.717, 1.165) is 32.0 Å². The lowest BCUT2D eigenvalue weighted by Crippen LogP contribution is -2.38. The number of para-hydroxylation sites is 1. The Hall–Kier alpha value is -1.71. The maximum Gasteiger partial charge on any atom is 0.190 e. The lowest BCUT2D eigenvalue weighted by atomic mass is 10.3. The molecule has 0 atom stereocenters. The molecule has 0 spiro atoms. The van der Waals surface area contributed by atoms with Crippen molar-refractivity contribution in [2.45, 2.75) is 26.2 Å². The molecule has 106 valence electrons. The summed E-state index contributed by atoms with van der Waals surface area (Å²) in [6, 6.07) is 10.3. The zero-order valence-corrected chi connectivity index (χ0v) is 12.1. The summed E-state index contributed by atoms with van der Waals surface area (Å²) in [5.41, 5.74) is 1.17. The van der Waals surface area contributed by atoms with Gasteiger partial charge in [0, 0.05) is 32.4 Å². The maximum atomic E-state index is 4.19. The van der Waals surface area contributed by atoms with Gasteiger partial charge in [0.1, 0.15) is 0 Å². The van der Waals surface area contributed by atoms with Gasteiger partial charge in [0.05, 0.1) is 0 Å². The molecule has 0 saturated carbocycles. The standard InChI is InChI=1S/C15H26N4/c1-3-4-11-18-15(16-2)19-13-8-12-17-14-9-6-5-7-10-14/h5-7,9-10,17H,3-4,8,11-13H2,1-2H3,(H2,16,18,19). The molecule has 4 nitrogen and oxygen atoms in total. The van der Waals surface area contributed by atoms with Crippen molar-refractivity contribution in [2.24, 2.45) is 4.99 Å². The van der Waals surface area contributed by atoms with E-state index in [1.807, 2.05) is 25.2 Å². The van der Waals surface area contributed by atoms with Gasteiger partial charge in [0.2, 0.25) is 0 Å². The van der Waals surface area contributed by atoms with Crippen LogP contribution < -0.4 is 16.0 Å². The Balaban J connectivity index is 2.06. The molecule has 1 aromatic carbocycles. The zero-order chi connectivity index (χ0) is 13.8. The SMILES string of the molecule is CCCCNC(=NC)NCCCNc1ccccc1. The number of rotatable bonds is 8. The van der Waals surface area contributed by atoms with Crippen LogP contribution in [0.5, 0.6) is 0 Å². The van der Waals surface area contributed by atoms with Gasteiger partial charge in [-0.05, 0) is 25.0 Å². The van der Waals surface area contributed by atoms with Gasteiger partial charge >= 0.3 is 0 Å². The van der Waals surface area contributed by atoms with Gasteiger partial charge in [-0.3, -0.25) is 4.99 Å². The monoisotopic (exact) mass is 262 g/mol. The third-order valence-corrected chi connectivity index (χ3v) is 2.80. The van der Waals surface area contributed by atoms with Crippen LogP contribution in [0.2, 0.25) is 0 Å². The fourth-order valence-corrected chi connectivity index (χ4v) is 1.69. The first kappa shape index (κ1) is 15.3. The molecule has 19 heavy (non-hydrogen) atoms. The Kier molecular flexibility index (Phi) is 8.27. The molecule has 0 aliphatic heterocycles. The molecule has 0 aromatic heterocycles. The quantitative estimate of drug-likeness (QED) is 0.383. The molecule has 0 radical (unpaired) electrons. The van der Waals surface area contributed by atoms with Gasteiger partial charge in [-0.25, -0.2) is 0 Å². The Morgan fingerprint density at radius 1 is 1.00 bits per heavy atom. The molecule has 0 aliphatic carbocycles. The van der Waals surface area contributed by atoms with E-state index in [1.165, 1.54) is 18.5 Å². The Labute approximate surface area is 116 Å². The number of benzene rings is 1. The number of hydrogen-bond donors (Lipinski definition) is 3. The van der Waals surface area contributed by atoms with E-state index >= 15 is 0 Å². The summed E-state index contributed by atoms with van der Waals surface area (Å²) >= 11 is 0. The van der Waals surface area contributed by atoms with E-state index in [4.69, 9.17) is 0 Å². The number of nitrogens with one attached hydrogen (secondary N) is 3. The lowest BCUT2D eigenvalue weighted by molar-refractivity contribution is 0.718. The van der Waals surface area contributed by atoms with Crippen LogP contribution in [0.25, 0.3) is 0 Å². The lowest BCUT2D eigenvalue weighted by Gasteiger charge is -2.12. The third-order valence-electron chi connectivity index (χ3n) is 2.80. The molecule has 0 bridgehead atoms. The molecule has 1 rings (SSSR count). The molecule has 0 unspecified atom stereocenters. The van der Waals surface area contributed by atoms with Gasteiger partial charge in [-0.1, -0.05) is 31.5 Å². The largest absolute Gasteiger partial charge is 0.385 e. The van der Waals surface area contributed by atoms with Crippen molar-refractivity contribution >= 4 is 11.6 Å². The predicted molar refractivity (Wildman–Crippen MR) is 83.8 cm³/mol. The average Bonchev–Trinajstić information content (AvgIpc) is 2.46. The van der Waals surface area contributed by atoms with E-state index in [9.17, 15) is 0 Å². The third kappa shape index (κ3) is 7.34. The van der Waals surface area contributed by atoms with Gasteiger partial charge < -0.3 is 16.0 Å². The first-order valence-electron chi connectivity index (χ1n) is 7.10. The fourth-order valence-electron chi connectivity index (χ4n) is 1.69. The van der Waals surface area contributed by atoms with Gasteiger partial charge in [0.25, 0.3) is 0 Å². The van der Waals surface area contributed by atoms with Crippen LogP contribution in [0.4, 0.5) is 5.69 Å². The average molecular weight is 262 g/mol. The van der Waals surface area contributed by atoms with Gasteiger partial charge in [0.15, 0.2) is 5.96 Å². The topological polar surface area (TPSA) is 48.5 Å². The number of guanidine groups is 1. The van der Waals surface area contributed by atoms with Crippen LogP contribution in [-0.2, 0) is 0 Å². The summed E-state index contributed by atoms with van der Waals surface area (Å²) < 4.78 is 0. The van der Waals surface area contributed by atoms with Crippen LogP contribution in [0.15, 0.2) is 35.3 Å². The van der Waals surface area contributed by atoms with Crippen LogP contribution >= 0.6 is 0 Å². The van der Waals surface area contributed by atoms with E-state index in [-0.39, 0.29) is 0 Å². The Bertz CT molecular complexity index is 348. The highest BCUT2D eigenvalue weighted by molar-refractivity contribution is 5.79. The first-order valence-corrected chi connectivity index (χ1v) is 7.10. The zero-order valence-electron chi connectivity index (χ0n) is 12.1. The summed E-state index contributed by atoms with van der Waals surface area (Å²) in [6.07, 6.45) is 3.44. The second kappa shape index (κ2) is 10.2. The normalized spacial score (nSPS) is 11.2. The van der Waals surface area contributed by atoms with Crippen molar-refractivity contribution in [2.75, 3.05) is 32.0 Å². The molecular formula is C15H26N4. The number of nitrogens with zero attached hydrogens (tertiary/aromatic N) is 1. The summed E-state index contributed by atoms with van der Waals surface area (Å²) in [5, 5.41) is 10.00. The van der Waals surface area contributed by atoms with Crippen LogP contribution in [0, 0.1) is 0 Å². The summed E-state index contributed by atoms with van der Waals surface area (Å²) in [4.78, 5) is 4.19. The highest BCUT2D eigenvalue weighted by Gasteiger charge is 1.95. The second-order valence-electron chi connectivity index (χ2n) is 4.43. The number of hydrogen-bond acceptors (Lipinski definition) is 2. The number of anilines is 1. The molecule has 0 fully saturated rings. The highest BCUT2D eigenvalue weighted by atomic mass is 15.2. The minimum atomic E-state index is 0.896. The minimum absolute atomic E-state index is 0.896. The Morgan fingerprint density at radius 3 is 2.32 bits per heavy atom. The molecular weight excluding hydrogens is 236 g/mol. The fraction of sp³-hybridized carbons (Fsp3) is 0.533. The minimum Gasteiger partial charge on any atom is -0.385 e. The summed E-state index contributed by atoms with van der Waals surface area (Å²) in [6.45, 7) is 5.06. The van der Waals surface area contributed by atoms with E-state index in [1.54, 1.807) is 0 Å². The van der Waals surface area contributed by atoms with Crippen molar-refractivity contribution in [3.8, 4) is 0 Å². The molecule has 0 aliphatic rings.